The first-order valence-electron chi connectivity index (χ1n) is 4.18. The molecule has 1 heterocycles. The molecule has 3 nitrogen and oxygen atoms in total. The van der Waals surface area contributed by atoms with Gasteiger partial charge in [-0.15, -0.1) is 6.58 Å². The van der Waals surface area contributed by atoms with Crippen LogP contribution in [0.4, 0.5) is 0 Å². The van der Waals surface area contributed by atoms with E-state index in [1.54, 1.807) is 13.0 Å². The molecular formula is C9H16O3. The quantitative estimate of drug-likeness (QED) is 0.652. The first kappa shape index (κ1) is 9.71. The molecule has 0 amide bonds. The SMILES string of the molecule is C=CCC(C)(O)CC1OC(C)O1. The third-order valence-corrected chi connectivity index (χ3v) is 1.88. The lowest BCUT2D eigenvalue weighted by atomic mass is 9.97. The van der Waals surface area contributed by atoms with Crippen molar-refractivity contribution in [3.05, 3.63) is 12.7 Å². The molecule has 0 aliphatic carbocycles. The number of hydrogen-bond acceptors (Lipinski definition) is 3. The van der Waals surface area contributed by atoms with Crippen molar-refractivity contribution in [2.45, 2.75) is 44.9 Å². The van der Waals surface area contributed by atoms with Gasteiger partial charge >= 0.3 is 0 Å². The summed E-state index contributed by atoms with van der Waals surface area (Å²) in [6.07, 6.45) is 2.40. The van der Waals surface area contributed by atoms with E-state index >= 15 is 0 Å². The third-order valence-electron chi connectivity index (χ3n) is 1.88. The minimum Gasteiger partial charge on any atom is -0.390 e. The Kier molecular flexibility index (Phi) is 2.88. The van der Waals surface area contributed by atoms with Gasteiger partial charge in [-0.2, -0.15) is 0 Å². The highest BCUT2D eigenvalue weighted by atomic mass is 16.9. The average molecular weight is 172 g/mol. The van der Waals surface area contributed by atoms with Gasteiger partial charge in [0.15, 0.2) is 12.6 Å². The van der Waals surface area contributed by atoms with Crippen molar-refractivity contribution >= 4 is 0 Å². The van der Waals surface area contributed by atoms with Crippen molar-refractivity contribution in [2.24, 2.45) is 0 Å². The Balaban J connectivity index is 2.25. The minimum absolute atomic E-state index is 0.116. The van der Waals surface area contributed by atoms with Gasteiger partial charge in [-0.25, -0.2) is 0 Å². The lowest BCUT2D eigenvalue weighted by Gasteiger charge is -2.37. The highest BCUT2D eigenvalue weighted by Gasteiger charge is 2.33. The Morgan fingerprint density at radius 1 is 1.58 bits per heavy atom. The van der Waals surface area contributed by atoms with Crippen LogP contribution in [0.5, 0.6) is 0 Å². The van der Waals surface area contributed by atoms with E-state index in [1.165, 1.54) is 0 Å². The van der Waals surface area contributed by atoms with Crippen LogP contribution in [0.2, 0.25) is 0 Å². The fourth-order valence-electron chi connectivity index (χ4n) is 1.29. The van der Waals surface area contributed by atoms with Gasteiger partial charge in [0, 0.05) is 6.42 Å². The minimum atomic E-state index is -0.757. The third kappa shape index (κ3) is 2.59. The van der Waals surface area contributed by atoms with Crippen molar-refractivity contribution in [1.82, 2.24) is 0 Å². The molecule has 0 spiro atoms. The number of rotatable bonds is 4. The fraction of sp³-hybridized carbons (Fsp3) is 0.778. The van der Waals surface area contributed by atoms with Crippen LogP contribution in [0.15, 0.2) is 12.7 Å². The van der Waals surface area contributed by atoms with Gasteiger partial charge < -0.3 is 14.6 Å². The molecule has 70 valence electrons. The molecule has 1 rings (SSSR count). The summed E-state index contributed by atoms with van der Waals surface area (Å²) in [5.41, 5.74) is -0.757. The summed E-state index contributed by atoms with van der Waals surface area (Å²) in [6, 6.07) is 0. The standard InChI is InChI=1S/C9H16O3/c1-4-5-9(3,10)6-8-11-7(2)12-8/h4,7-8,10H,1,5-6H2,2-3H3. The summed E-state index contributed by atoms with van der Waals surface area (Å²) in [4.78, 5) is 0. The smallest absolute Gasteiger partial charge is 0.166 e. The largest absolute Gasteiger partial charge is 0.390 e. The fourth-order valence-corrected chi connectivity index (χ4v) is 1.29. The molecular weight excluding hydrogens is 156 g/mol. The van der Waals surface area contributed by atoms with E-state index in [0.717, 1.165) is 0 Å². The van der Waals surface area contributed by atoms with Crippen molar-refractivity contribution in [2.75, 3.05) is 0 Å². The summed E-state index contributed by atoms with van der Waals surface area (Å²) in [5, 5.41) is 9.70. The average Bonchev–Trinajstić information content (AvgIpc) is 1.83. The van der Waals surface area contributed by atoms with Gasteiger partial charge in [-0.1, -0.05) is 6.08 Å². The highest BCUT2D eigenvalue weighted by molar-refractivity contribution is 4.84. The van der Waals surface area contributed by atoms with Gasteiger partial charge in [0.25, 0.3) is 0 Å². The molecule has 1 aliphatic rings. The second-order valence-electron chi connectivity index (χ2n) is 3.46. The van der Waals surface area contributed by atoms with Crippen LogP contribution in [0.3, 0.4) is 0 Å². The van der Waals surface area contributed by atoms with E-state index in [2.05, 4.69) is 6.58 Å². The lowest BCUT2D eigenvalue weighted by molar-refractivity contribution is -0.384. The summed E-state index contributed by atoms with van der Waals surface area (Å²) < 4.78 is 10.4. The highest BCUT2D eigenvalue weighted by Crippen LogP contribution is 2.26. The van der Waals surface area contributed by atoms with Crippen LogP contribution in [0, 0.1) is 0 Å². The molecule has 0 aromatic rings. The molecule has 0 saturated carbocycles. The molecule has 0 aromatic heterocycles. The zero-order chi connectivity index (χ0) is 9.19. The van der Waals surface area contributed by atoms with Crippen molar-refractivity contribution in [3.63, 3.8) is 0 Å². The molecule has 1 fully saturated rings. The molecule has 0 bridgehead atoms. The Morgan fingerprint density at radius 2 is 2.17 bits per heavy atom. The summed E-state index contributed by atoms with van der Waals surface area (Å²) in [5.74, 6) is 0. The molecule has 1 atom stereocenters. The van der Waals surface area contributed by atoms with E-state index in [4.69, 9.17) is 9.47 Å². The maximum atomic E-state index is 9.70. The summed E-state index contributed by atoms with van der Waals surface area (Å²) in [6.45, 7) is 7.16. The van der Waals surface area contributed by atoms with E-state index in [0.29, 0.717) is 12.8 Å². The maximum absolute atomic E-state index is 9.70. The van der Waals surface area contributed by atoms with Crippen LogP contribution in [-0.4, -0.2) is 23.3 Å². The Hall–Kier alpha value is -0.380. The van der Waals surface area contributed by atoms with Crippen LogP contribution >= 0.6 is 0 Å². The molecule has 3 heteroatoms. The molecule has 0 radical (unpaired) electrons. The first-order chi connectivity index (χ1) is 5.53. The molecule has 1 saturated heterocycles. The maximum Gasteiger partial charge on any atom is 0.166 e. The molecule has 1 N–H and O–H groups in total. The molecule has 12 heavy (non-hydrogen) atoms. The van der Waals surface area contributed by atoms with Crippen molar-refractivity contribution in [1.29, 1.82) is 0 Å². The predicted octanol–water partition coefficient (Wildman–Crippen LogP) is 1.42. The lowest BCUT2D eigenvalue weighted by Crippen LogP contribution is -2.43. The monoisotopic (exact) mass is 172 g/mol. The predicted molar refractivity (Wildman–Crippen MR) is 45.5 cm³/mol. The molecule has 1 aliphatic heterocycles. The molecule has 1 unspecified atom stereocenters. The van der Waals surface area contributed by atoms with Gasteiger partial charge in [0.1, 0.15) is 0 Å². The van der Waals surface area contributed by atoms with Crippen LogP contribution in [0.25, 0.3) is 0 Å². The van der Waals surface area contributed by atoms with Gasteiger partial charge in [-0.05, 0) is 20.3 Å². The zero-order valence-corrected chi connectivity index (χ0v) is 7.62. The number of hydrogen-bond donors (Lipinski definition) is 1. The van der Waals surface area contributed by atoms with E-state index in [1.807, 2.05) is 6.92 Å². The second kappa shape index (κ2) is 3.56. The second-order valence-corrected chi connectivity index (χ2v) is 3.46. The van der Waals surface area contributed by atoms with Crippen LogP contribution in [-0.2, 0) is 9.47 Å². The Bertz CT molecular complexity index is 159. The number of ether oxygens (including phenoxy) is 2. The Labute approximate surface area is 73.0 Å². The molecule has 0 aromatic carbocycles. The Morgan fingerprint density at radius 3 is 2.58 bits per heavy atom. The van der Waals surface area contributed by atoms with Crippen molar-refractivity contribution < 1.29 is 14.6 Å². The van der Waals surface area contributed by atoms with Crippen LogP contribution < -0.4 is 0 Å². The van der Waals surface area contributed by atoms with Gasteiger partial charge in [0.2, 0.25) is 0 Å². The zero-order valence-electron chi connectivity index (χ0n) is 7.62. The van der Waals surface area contributed by atoms with Crippen LogP contribution in [0.1, 0.15) is 26.7 Å². The van der Waals surface area contributed by atoms with E-state index < -0.39 is 5.60 Å². The summed E-state index contributed by atoms with van der Waals surface area (Å²) >= 11 is 0. The topological polar surface area (TPSA) is 38.7 Å². The van der Waals surface area contributed by atoms with E-state index in [-0.39, 0.29) is 12.6 Å². The number of aliphatic hydroxyl groups is 1. The summed E-state index contributed by atoms with van der Waals surface area (Å²) in [7, 11) is 0. The van der Waals surface area contributed by atoms with Gasteiger partial charge in [0.05, 0.1) is 5.60 Å². The first-order valence-corrected chi connectivity index (χ1v) is 4.18. The van der Waals surface area contributed by atoms with Gasteiger partial charge in [-0.3, -0.25) is 0 Å². The normalized spacial score (nSPS) is 33.6. The van der Waals surface area contributed by atoms with E-state index in [9.17, 15) is 5.11 Å². The van der Waals surface area contributed by atoms with Crippen molar-refractivity contribution in [3.8, 4) is 0 Å².